The monoisotopic (exact) mass is 1060 g/mol. The number of fused-ring (bicyclic) bond motifs is 7. The van der Waals surface area contributed by atoms with Gasteiger partial charge in [-0.25, -0.2) is 0 Å². The van der Waals surface area contributed by atoms with E-state index in [1.54, 1.807) is 0 Å². The summed E-state index contributed by atoms with van der Waals surface area (Å²) in [4.78, 5) is 14.8. The van der Waals surface area contributed by atoms with Crippen molar-refractivity contribution in [1.29, 1.82) is 0 Å². The lowest BCUT2D eigenvalue weighted by molar-refractivity contribution is -0.388. The molecule has 9 rings (SSSR count). The molecular weight excluding hydrogens is 973 g/mol. The highest BCUT2D eigenvalue weighted by atomic mass is 16.8. The zero-order valence-electron chi connectivity index (χ0n) is 44.0. The molecule has 12 N–H and O–H groups in total. The molecule has 4 aliphatic heterocycles. The maximum absolute atomic E-state index is 14.8. The molecule has 0 bridgehead atoms. The van der Waals surface area contributed by atoms with E-state index in [1.807, 2.05) is 0 Å². The Kier molecular flexibility index (Phi) is 16.1. The van der Waals surface area contributed by atoms with E-state index < -0.39 is 153 Å². The first-order valence-corrected chi connectivity index (χ1v) is 27.2. The lowest BCUT2D eigenvalue weighted by Gasteiger charge is -2.71. The zero-order chi connectivity index (χ0) is 53.9. The fourth-order valence-corrected chi connectivity index (χ4v) is 16.4. The summed E-state index contributed by atoms with van der Waals surface area (Å²) in [6.45, 7) is 15.9. The van der Waals surface area contributed by atoms with Gasteiger partial charge >= 0.3 is 5.97 Å². The van der Waals surface area contributed by atoms with Gasteiger partial charge in [-0.05, 0) is 116 Å². The molecule has 21 nitrogen and oxygen atoms in total. The second-order valence-electron chi connectivity index (χ2n) is 25.2. The first kappa shape index (κ1) is 57.1. The van der Waals surface area contributed by atoms with Crippen LogP contribution in [0.1, 0.15) is 113 Å². The van der Waals surface area contributed by atoms with Crippen molar-refractivity contribution in [2.75, 3.05) is 19.8 Å². The average molecular weight is 1060 g/mol. The molecule has 4 heterocycles. The Balaban J connectivity index is 0.975. The lowest BCUT2D eigenvalue weighted by atomic mass is 9.33. The Morgan fingerprint density at radius 2 is 1.19 bits per heavy atom. The van der Waals surface area contributed by atoms with E-state index in [0.717, 1.165) is 38.5 Å². The minimum absolute atomic E-state index is 0.113. The molecule has 74 heavy (non-hydrogen) atoms. The van der Waals surface area contributed by atoms with E-state index in [9.17, 15) is 66.1 Å². The summed E-state index contributed by atoms with van der Waals surface area (Å²) < 4.78 is 49.0. The second kappa shape index (κ2) is 20.8. The largest absolute Gasteiger partial charge is 0.432 e. The normalized spacial score (nSPS) is 55.4. The van der Waals surface area contributed by atoms with Gasteiger partial charge in [-0.2, -0.15) is 0 Å². The van der Waals surface area contributed by atoms with Crippen molar-refractivity contribution in [2.45, 2.75) is 236 Å². The molecule has 8 fully saturated rings. The Labute approximate surface area is 433 Å². The lowest BCUT2D eigenvalue weighted by Crippen LogP contribution is -2.67. The molecule has 5 aliphatic carbocycles. The van der Waals surface area contributed by atoms with Crippen LogP contribution in [-0.4, -0.2) is 210 Å². The van der Waals surface area contributed by atoms with Gasteiger partial charge in [0.25, 0.3) is 0 Å². The van der Waals surface area contributed by atoms with Crippen molar-refractivity contribution in [3.63, 3.8) is 0 Å². The predicted octanol–water partition coefficient (Wildman–Crippen LogP) is -0.513. The molecule has 0 amide bonds. The molecule has 0 spiro atoms. The molecule has 0 aromatic heterocycles. The van der Waals surface area contributed by atoms with Crippen molar-refractivity contribution in [3.05, 3.63) is 11.6 Å². The Bertz CT molecular complexity index is 2020. The summed E-state index contributed by atoms with van der Waals surface area (Å²) in [5.74, 6) is 0.120. The number of hydrogen-bond donors (Lipinski definition) is 12. The average Bonchev–Trinajstić information content (AvgIpc) is 3.36. The molecule has 29 atom stereocenters. The number of aliphatic hydroxyl groups excluding tert-OH is 12. The fraction of sp³-hybridized carbons (Fsp3) is 0.943. The van der Waals surface area contributed by atoms with Crippen LogP contribution in [0.15, 0.2) is 11.6 Å². The molecule has 0 aromatic carbocycles. The van der Waals surface area contributed by atoms with Crippen LogP contribution >= 0.6 is 0 Å². The van der Waals surface area contributed by atoms with Gasteiger partial charge in [0, 0.05) is 0 Å². The van der Waals surface area contributed by atoms with E-state index >= 15 is 0 Å². The van der Waals surface area contributed by atoms with E-state index in [0.29, 0.717) is 25.2 Å². The highest BCUT2D eigenvalue weighted by Crippen LogP contribution is 2.76. The van der Waals surface area contributed by atoms with Gasteiger partial charge in [0.15, 0.2) is 18.9 Å². The molecule has 424 valence electrons. The smallest absolute Gasteiger partial charge is 0.315 e. The summed E-state index contributed by atoms with van der Waals surface area (Å²) in [7, 11) is 0. The zero-order valence-corrected chi connectivity index (χ0v) is 44.0. The van der Waals surface area contributed by atoms with Crippen LogP contribution < -0.4 is 0 Å². The molecule has 9 aliphatic rings. The van der Waals surface area contributed by atoms with Gasteiger partial charge < -0.3 is 99.2 Å². The van der Waals surface area contributed by atoms with Gasteiger partial charge in [0.05, 0.1) is 37.4 Å². The summed E-state index contributed by atoms with van der Waals surface area (Å²) in [5.41, 5.74) is -0.824. The number of carbonyl (C=O) groups excluding carboxylic acids is 1. The van der Waals surface area contributed by atoms with Crippen molar-refractivity contribution in [3.8, 4) is 0 Å². The Morgan fingerprint density at radius 1 is 0.608 bits per heavy atom. The quantitative estimate of drug-likeness (QED) is 0.0745. The summed E-state index contributed by atoms with van der Waals surface area (Å²) in [5, 5.41) is 128. The van der Waals surface area contributed by atoms with Crippen molar-refractivity contribution < 1.29 is 104 Å². The molecule has 4 saturated carbocycles. The van der Waals surface area contributed by atoms with Crippen LogP contribution in [0.5, 0.6) is 0 Å². The maximum Gasteiger partial charge on any atom is 0.315 e. The van der Waals surface area contributed by atoms with Crippen LogP contribution in [0.25, 0.3) is 0 Å². The van der Waals surface area contributed by atoms with Crippen molar-refractivity contribution in [2.24, 2.45) is 56.7 Å². The summed E-state index contributed by atoms with van der Waals surface area (Å²) in [6.07, 6.45) is -20.7. The standard InChI is InChI=1S/C53H86O21/c1-22-11-16-53(48(66)74-46-41(65)38(62)35(59)28(20-55)70-46)18-17-51(7)25(32(53)23(22)2)9-10-30-50(6)14-13-31(49(4,5)29(50)12-15-52(30,51)8)71-47-43(73-44-39(63)36(60)33(57)24(3)68-44)42(26(56)21-67-47)72-45-40(64)37(61)34(58)27(19-54)69-45/h9,22-24,26-47,54-65H,10-21H2,1-8H3/t22-,23+,24+,26-,27-,28-,29?,30?,31?,32?,33-,34-,35-,36-,37+,38+,39-,40-,41-,42+,43-,44+,45+,46+,47+,50+,51-,52-,53+/m1/s1. The number of rotatable bonds is 10. The van der Waals surface area contributed by atoms with E-state index in [1.165, 1.54) is 12.5 Å². The summed E-state index contributed by atoms with van der Waals surface area (Å²) >= 11 is 0. The third kappa shape index (κ3) is 8.99. The van der Waals surface area contributed by atoms with Crippen LogP contribution in [0.2, 0.25) is 0 Å². The number of esters is 1. The Morgan fingerprint density at radius 3 is 1.82 bits per heavy atom. The second-order valence-corrected chi connectivity index (χ2v) is 25.2. The first-order chi connectivity index (χ1) is 34.7. The number of hydrogen-bond acceptors (Lipinski definition) is 21. The van der Waals surface area contributed by atoms with Gasteiger partial charge in [0.1, 0.15) is 85.5 Å². The molecule has 4 unspecified atom stereocenters. The highest BCUT2D eigenvalue weighted by molar-refractivity contribution is 5.79. The van der Waals surface area contributed by atoms with Crippen molar-refractivity contribution in [1.82, 2.24) is 0 Å². The van der Waals surface area contributed by atoms with E-state index in [-0.39, 0.29) is 46.5 Å². The van der Waals surface area contributed by atoms with Crippen LogP contribution in [0.3, 0.4) is 0 Å². The third-order valence-corrected chi connectivity index (χ3v) is 21.3. The predicted molar refractivity (Wildman–Crippen MR) is 255 cm³/mol. The number of ether oxygens (including phenoxy) is 8. The first-order valence-electron chi connectivity index (χ1n) is 27.2. The number of aliphatic hydroxyl groups is 12. The van der Waals surface area contributed by atoms with Crippen molar-refractivity contribution >= 4 is 5.97 Å². The minimum Gasteiger partial charge on any atom is -0.432 e. The fourth-order valence-electron chi connectivity index (χ4n) is 16.4. The number of carbonyl (C=O) groups is 1. The molecular formula is C53H86O21. The van der Waals surface area contributed by atoms with Gasteiger partial charge in [0.2, 0.25) is 6.29 Å². The van der Waals surface area contributed by atoms with Crippen LogP contribution in [0, 0.1) is 56.7 Å². The van der Waals surface area contributed by atoms with Gasteiger partial charge in [-0.1, -0.05) is 60.1 Å². The van der Waals surface area contributed by atoms with E-state index in [4.69, 9.17) is 37.9 Å². The van der Waals surface area contributed by atoms with Gasteiger partial charge in [-0.15, -0.1) is 0 Å². The summed E-state index contributed by atoms with van der Waals surface area (Å²) in [6, 6.07) is 0. The molecule has 4 saturated heterocycles. The van der Waals surface area contributed by atoms with Crippen LogP contribution in [-0.2, 0) is 42.7 Å². The minimum atomic E-state index is -1.83. The maximum atomic E-state index is 14.8. The van der Waals surface area contributed by atoms with E-state index in [2.05, 4.69) is 54.5 Å². The number of allylic oxidation sites excluding steroid dienone is 2. The molecule has 0 aromatic rings. The molecule has 21 heteroatoms. The Hall–Kier alpha value is -1.55. The van der Waals surface area contributed by atoms with Crippen LogP contribution in [0.4, 0.5) is 0 Å². The SMILES string of the molecule is C[C@@H]1CC[C@]2(C(=O)O[C@@H]3O[C@H](CO)[C@@H](O)[C@H](O)[C@H]3O)CC[C@]3(C)C(=CCC4[C@@]5(C)CCC(O[C@@H]6OC[C@@H](O)[C@H](O[C@@H]7O[C@H](CO)[C@@H](O)[C@H](O)[C@H]7O)[C@H]6O[C@@H]6O[C@@H](C)[C@@H](O)[C@@H](O)[C@H]6O)C(C)(C)C5CC[C@]43C)C2[C@H]1C. The highest BCUT2D eigenvalue weighted by Gasteiger charge is 2.70. The topological polar surface area (TPSA) is 334 Å². The van der Waals surface area contributed by atoms with Gasteiger partial charge in [-0.3, -0.25) is 4.79 Å². The molecule has 0 radical (unpaired) electrons. The third-order valence-electron chi connectivity index (χ3n) is 21.3.